The molecule has 0 aliphatic carbocycles. The number of rotatable bonds is 3. The summed E-state index contributed by atoms with van der Waals surface area (Å²) in [6.45, 7) is 6.77. The number of hydrogen-bond acceptors (Lipinski definition) is 4. The van der Waals surface area contributed by atoms with E-state index in [1.807, 2.05) is 12.1 Å². The highest BCUT2D eigenvalue weighted by Crippen LogP contribution is 2.46. The first-order valence-electron chi connectivity index (χ1n) is 8.61. The number of pyridine rings is 1. The highest BCUT2D eigenvalue weighted by molar-refractivity contribution is 6.10. The number of nitrogens with one attached hydrogen (secondary N) is 2. The Balaban J connectivity index is 2.10. The maximum atomic E-state index is 12.5. The number of fused-ring (bicyclic) bond motifs is 3. The summed E-state index contributed by atoms with van der Waals surface area (Å²) in [5.74, 6) is 0.227. The smallest absolute Gasteiger partial charge is 0.355 e. The Kier molecular flexibility index (Phi) is 3.64. The fourth-order valence-electron chi connectivity index (χ4n) is 3.51. The maximum absolute atomic E-state index is 12.5. The molecule has 0 atom stereocenters. The monoisotopic (exact) mass is 352 g/mol. The van der Waals surface area contributed by atoms with Crippen LogP contribution in [0.2, 0.25) is 0 Å². The van der Waals surface area contributed by atoms with Crippen LogP contribution >= 0.6 is 0 Å². The molecule has 1 aromatic carbocycles. The molecular weight excluding hydrogens is 332 g/mol. The molecule has 134 valence electrons. The molecular formula is C20H20N2O4. The topological polar surface area (TPSA) is 84.2 Å². The first-order valence-corrected chi connectivity index (χ1v) is 8.61. The van der Waals surface area contributed by atoms with Crippen LogP contribution in [0.5, 0.6) is 5.75 Å². The van der Waals surface area contributed by atoms with Gasteiger partial charge in [0, 0.05) is 22.7 Å². The van der Waals surface area contributed by atoms with Gasteiger partial charge in [0.1, 0.15) is 11.4 Å². The number of carbonyl (C=O) groups excluding carboxylic acids is 1. The largest absolute Gasteiger partial charge is 0.492 e. The van der Waals surface area contributed by atoms with E-state index in [4.69, 9.17) is 9.47 Å². The summed E-state index contributed by atoms with van der Waals surface area (Å²) in [6.07, 6.45) is 1.56. The van der Waals surface area contributed by atoms with Crippen LogP contribution in [0, 0.1) is 0 Å². The van der Waals surface area contributed by atoms with Crippen molar-refractivity contribution in [1.82, 2.24) is 9.97 Å². The lowest BCUT2D eigenvalue weighted by Gasteiger charge is -2.14. The Labute approximate surface area is 150 Å². The van der Waals surface area contributed by atoms with E-state index < -0.39 is 5.97 Å². The molecule has 6 heteroatoms. The van der Waals surface area contributed by atoms with E-state index in [9.17, 15) is 9.59 Å². The third-order valence-corrected chi connectivity index (χ3v) is 4.79. The molecule has 0 saturated heterocycles. The fourth-order valence-corrected chi connectivity index (χ4v) is 3.51. The van der Waals surface area contributed by atoms with E-state index in [0.29, 0.717) is 17.7 Å². The van der Waals surface area contributed by atoms with E-state index in [2.05, 4.69) is 23.8 Å². The third kappa shape index (κ3) is 2.33. The van der Waals surface area contributed by atoms with Crippen molar-refractivity contribution in [2.45, 2.75) is 26.2 Å². The van der Waals surface area contributed by atoms with Crippen molar-refractivity contribution >= 4 is 16.9 Å². The van der Waals surface area contributed by atoms with Gasteiger partial charge in [0.05, 0.1) is 29.7 Å². The van der Waals surface area contributed by atoms with Gasteiger partial charge in [-0.1, -0.05) is 19.9 Å². The van der Waals surface area contributed by atoms with Gasteiger partial charge in [-0.05, 0) is 25.1 Å². The van der Waals surface area contributed by atoms with Gasteiger partial charge in [-0.3, -0.25) is 4.79 Å². The minimum absolute atomic E-state index is 0.134. The quantitative estimate of drug-likeness (QED) is 0.708. The van der Waals surface area contributed by atoms with Crippen molar-refractivity contribution in [2.24, 2.45) is 0 Å². The second-order valence-electron chi connectivity index (χ2n) is 7.05. The summed E-state index contributed by atoms with van der Waals surface area (Å²) in [6, 6.07) is 7.37. The number of hydrogen-bond donors (Lipinski definition) is 2. The number of benzene rings is 1. The van der Waals surface area contributed by atoms with Gasteiger partial charge in [-0.2, -0.15) is 0 Å². The number of carbonyl (C=O) groups is 1. The average molecular weight is 352 g/mol. The van der Waals surface area contributed by atoms with Gasteiger partial charge >= 0.3 is 5.97 Å². The van der Waals surface area contributed by atoms with E-state index in [-0.39, 0.29) is 23.3 Å². The maximum Gasteiger partial charge on any atom is 0.355 e. The van der Waals surface area contributed by atoms with Crippen LogP contribution in [0.3, 0.4) is 0 Å². The zero-order chi connectivity index (χ0) is 18.5. The minimum atomic E-state index is -0.493. The van der Waals surface area contributed by atoms with Crippen LogP contribution in [0.4, 0.5) is 0 Å². The molecule has 2 aromatic heterocycles. The molecule has 3 heterocycles. The third-order valence-electron chi connectivity index (χ3n) is 4.79. The van der Waals surface area contributed by atoms with Crippen molar-refractivity contribution in [2.75, 3.05) is 13.2 Å². The van der Waals surface area contributed by atoms with Crippen LogP contribution in [-0.4, -0.2) is 29.2 Å². The van der Waals surface area contributed by atoms with Gasteiger partial charge in [0.15, 0.2) is 0 Å². The lowest BCUT2D eigenvalue weighted by atomic mass is 9.86. The molecule has 1 aliphatic rings. The second kappa shape index (κ2) is 5.76. The molecule has 0 saturated carbocycles. The fraction of sp³-hybridized carbons (Fsp3) is 0.300. The van der Waals surface area contributed by atoms with Crippen molar-refractivity contribution in [3.8, 4) is 16.9 Å². The van der Waals surface area contributed by atoms with Crippen LogP contribution in [0.25, 0.3) is 22.0 Å². The summed E-state index contributed by atoms with van der Waals surface area (Å²) >= 11 is 0. The molecule has 6 nitrogen and oxygen atoms in total. The summed E-state index contributed by atoms with van der Waals surface area (Å²) in [5, 5.41) is 0.743. The predicted molar refractivity (Wildman–Crippen MR) is 98.8 cm³/mol. The van der Waals surface area contributed by atoms with E-state index in [0.717, 1.165) is 22.2 Å². The van der Waals surface area contributed by atoms with E-state index >= 15 is 0 Å². The lowest BCUT2D eigenvalue weighted by Crippen LogP contribution is -2.18. The zero-order valence-corrected chi connectivity index (χ0v) is 14.9. The number of ether oxygens (including phenoxy) is 2. The molecule has 1 aliphatic heterocycles. The highest BCUT2D eigenvalue weighted by Gasteiger charge is 2.35. The van der Waals surface area contributed by atoms with Gasteiger partial charge in [-0.25, -0.2) is 4.79 Å². The molecule has 0 fully saturated rings. The number of esters is 1. The van der Waals surface area contributed by atoms with Crippen molar-refractivity contribution in [3.05, 3.63) is 52.1 Å². The van der Waals surface area contributed by atoms with Gasteiger partial charge in [0.2, 0.25) is 0 Å². The van der Waals surface area contributed by atoms with Crippen LogP contribution in [0.15, 0.2) is 35.3 Å². The van der Waals surface area contributed by atoms with Crippen molar-refractivity contribution in [1.29, 1.82) is 0 Å². The second-order valence-corrected chi connectivity index (χ2v) is 7.05. The molecule has 0 amide bonds. The SMILES string of the molecule is CCOC(=O)c1[nH]c2ccc3c(c2c1-c1ccc[nH]c1=O)OCC3(C)C. The Morgan fingerprint density at radius 3 is 2.85 bits per heavy atom. The molecule has 0 radical (unpaired) electrons. The van der Waals surface area contributed by atoms with Crippen molar-refractivity contribution in [3.63, 3.8) is 0 Å². The van der Waals surface area contributed by atoms with E-state index in [1.54, 1.807) is 25.3 Å². The highest BCUT2D eigenvalue weighted by atomic mass is 16.5. The Morgan fingerprint density at radius 2 is 2.12 bits per heavy atom. The molecule has 2 N–H and O–H groups in total. The Bertz CT molecular complexity index is 1080. The van der Waals surface area contributed by atoms with Crippen LogP contribution in [0.1, 0.15) is 36.8 Å². The summed E-state index contributed by atoms with van der Waals surface area (Å²) in [5.41, 5.74) is 2.59. The van der Waals surface area contributed by atoms with Gasteiger partial charge in [-0.15, -0.1) is 0 Å². The Hall–Kier alpha value is -3.02. The average Bonchev–Trinajstić information content (AvgIpc) is 3.13. The van der Waals surface area contributed by atoms with Crippen molar-refractivity contribution < 1.29 is 14.3 Å². The Morgan fingerprint density at radius 1 is 1.31 bits per heavy atom. The first-order chi connectivity index (χ1) is 12.4. The van der Waals surface area contributed by atoms with E-state index in [1.165, 1.54) is 0 Å². The molecule has 4 rings (SSSR count). The molecule has 26 heavy (non-hydrogen) atoms. The molecule has 3 aromatic rings. The van der Waals surface area contributed by atoms with Crippen LogP contribution in [-0.2, 0) is 10.2 Å². The van der Waals surface area contributed by atoms with Gasteiger partial charge in [0.25, 0.3) is 5.56 Å². The normalized spacial score (nSPS) is 14.9. The number of H-pyrrole nitrogens is 2. The molecule has 0 unspecified atom stereocenters. The zero-order valence-electron chi connectivity index (χ0n) is 14.9. The lowest BCUT2D eigenvalue weighted by molar-refractivity contribution is 0.0521. The van der Waals surface area contributed by atoms with Crippen LogP contribution < -0.4 is 10.3 Å². The number of aromatic amines is 2. The minimum Gasteiger partial charge on any atom is -0.492 e. The summed E-state index contributed by atoms with van der Waals surface area (Å²) < 4.78 is 11.2. The molecule has 0 spiro atoms. The summed E-state index contributed by atoms with van der Waals surface area (Å²) in [4.78, 5) is 30.8. The summed E-state index contributed by atoms with van der Waals surface area (Å²) in [7, 11) is 0. The first kappa shape index (κ1) is 16.4. The standard InChI is InChI=1S/C20H20N2O4/c1-4-25-19(24)16-14(11-6-5-9-21-18(11)23)15-13(22-16)8-7-12-17(15)26-10-20(12,2)3/h5-9,22H,4,10H2,1-3H3,(H,21,23). The molecule has 0 bridgehead atoms. The number of aromatic nitrogens is 2. The predicted octanol–water partition coefficient (Wildman–Crippen LogP) is 3.37. The van der Waals surface area contributed by atoms with Gasteiger partial charge < -0.3 is 19.4 Å².